The van der Waals surface area contributed by atoms with E-state index in [1.54, 1.807) is 6.07 Å². The van der Waals surface area contributed by atoms with Gasteiger partial charge in [-0.15, -0.1) is 0 Å². The largest absolute Gasteiger partial charge is 0.504 e. The van der Waals surface area contributed by atoms with E-state index >= 15 is 0 Å². The zero-order valence-corrected chi connectivity index (χ0v) is 11.5. The Hall–Kier alpha value is -1.71. The van der Waals surface area contributed by atoms with Gasteiger partial charge in [0.2, 0.25) is 0 Å². The highest BCUT2D eigenvalue weighted by molar-refractivity contribution is 5.80. The number of ether oxygens (including phenoxy) is 1. The molecule has 0 aromatic heterocycles. The molecule has 1 fully saturated rings. The van der Waals surface area contributed by atoms with Crippen molar-refractivity contribution in [3.8, 4) is 11.5 Å². The van der Waals surface area contributed by atoms with Gasteiger partial charge in [0.15, 0.2) is 11.5 Å². The Bertz CT molecular complexity index is 424. The van der Waals surface area contributed by atoms with Crippen LogP contribution in [0.4, 0.5) is 0 Å². The van der Waals surface area contributed by atoms with Gasteiger partial charge in [0.1, 0.15) is 0 Å². The van der Waals surface area contributed by atoms with Crippen LogP contribution in [0.2, 0.25) is 0 Å². The van der Waals surface area contributed by atoms with Gasteiger partial charge in [0.05, 0.1) is 12.8 Å². The van der Waals surface area contributed by atoms with Crippen molar-refractivity contribution in [2.24, 2.45) is 5.10 Å². The topological polar surface area (TPSA) is 45.1 Å². The summed E-state index contributed by atoms with van der Waals surface area (Å²) in [6, 6.07) is 5.31. The van der Waals surface area contributed by atoms with Crippen LogP contribution in [0.3, 0.4) is 0 Å². The first kappa shape index (κ1) is 13.7. The molecule has 4 nitrogen and oxygen atoms in total. The minimum atomic E-state index is 0.175. The molecule has 0 atom stereocenters. The van der Waals surface area contributed by atoms with E-state index in [0.29, 0.717) is 12.4 Å². The third-order valence-electron chi connectivity index (χ3n) is 3.24. The van der Waals surface area contributed by atoms with Crippen molar-refractivity contribution in [3.05, 3.63) is 23.8 Å². The maximum Gasteiger partial charge on any atom is 0.161 e. The summed E-state index contributed by atoms with van der Waals surface area (Å²) in [7, 11) is 0. The average molecular weight is 262 g/mol. The van der Waals surface area contributed by atoms with Crippen molar-refractivity contribution >= 4 is 6.21 Å². The van der Waals surface area contributed by atoms with Crippen LogP contribution in [-0.4, -0.2) is 36.0 Å². The van der Waals surface area contributed by atoms with Crippen LogP contribution >= 0.6 is 0 Å². The molecule has 1 aliphatic heterocycles. The van der Waals surface area contributed by atoms with Gasteiger partial charge >= 0.3 is 0 Å². The maximum absolute atomic E-state index is 9.64. The number of aromatic hydroxyl groups is 1. The van der Waals surface area contributed by atoms with Crippen LogP contribution in [0.1, 0.15) is 38.2 Å². The fourth-order valence-corrected chi connectivity index (χ4v) is 2.20. The molecule has 0 saturated carbocycles. The lowest BCUT2D eigenvalue weighted by Gasteiger charge is -2.15. The molecule has 1 heterocycles. The molecule has 0 spiro atoms. The molecule has 0 amide bonds. The molecule has 0 unspecified atom stereocenters. The minimum absolute atomic E-state index is 0.175. The van der Waals surface area contributed by atoms with Crippen molar-refractivity contribution in [1.29, 1.82) is 0 Å². The lowest BCUT2D eigenvalue weighted by molar-refractivity contribution is 0.302. The smallest absolute Gasteiger partial charge is 0.161 e. The predicted octanol–water partition coefficient (Wildman–Crippen LogP) is 3.00. The highest BCUT2D eigenvalue weighted by Gasteiger charge is 2.06. The van der Waals surface area contributed by atoms with Gasteiger partial charge < -0.3 is 9.84 Å². The predicted molar refractivity (Wildman–Crippen MR) is 76.9 cm³/mol. The van der Waals surface area contributed by atoms with E-state index < -0.39 is 0 Å². The third-order valence-corrected chi connectivity index (χ3v) is 3.24. The molecular formula is C15H22N2O2. The average Bonchev–Trinajstić information content (AvgIpc) is 2.68. The van der Waals surface area contributed by atoms with Gasteiger partial charge in [-0.3, -0.25) is 5.01 Å². The lowest BCUT2D eigenvalue weighted by Crippen LogP contribution is -2.18. The standard InChI is InChI=1S/C15H22N2O2/c1-2-19-15-11-13(7-8-14(15)18)12-16-17-9-5-3-4-6-10-17/h7-8,11-12,18H,2-6,9-10H2,1H3/b16-12+. The molecule has 1 aromatic carbocycles. The van der Waals surface area contributed by atoms with Gasteiger partial charge in [-0.1, -0.05) is 12.8 Å². The van der Waals surface area contributed by atoms with Crippen LogP contribution in [0, 0.1) is 0 Å². The highest BCUT2D eigenvalue weighted by atomic mass is 16.5. The highest BCUT2D eigenvalue weighted by Crippen LogP contribution is 2.26. The summed E-state index contributed by atoms with van der Waals surface area (Å²) in [4.78, 5) is 0. The summed E-state index contributed by atoms with van der Waals surface area (Å²) in [5, 5.41) is 16.3. The Morgan fingerprint density at radius 1 is 1.26 bits per heavy atom. The number of nitrogens with zero attached hydrogens (tertiary/aromatic N) is 2. The molecule has 0 radical (unpaired) electrons. The molecule has 4 heteroatoms. The maximum atomic E-state index is 9.64. The summed E-state index contributed by atoms with van der Waals surface area (Å²) in [6.45, 7) is 4.51. The number of benzene rings is 1. The van der Waals surface area contributed by atoms with Crippen LogP contribution in [0.5, 0.6) is 11.5 Å². The number of hydrogen-bond acceptors (Lipinski definition) is 4. The van der Waals surface area contributed by atoms with E-state index in [4.69, 9.17) is 4.74 Å². The van der Waals surface area contributed by atoms with E-state index in [1.165, 1.54) is 25.7 Å². The second-order valence-electron chi connectivity index (χ2n) is 4.77. The molecule has 104 valence electrons. The van der Waals surface area contributed by atoms with Crippen molar-refractivity contribution in [3.63, 3.8) is 0 Å². The van der Waals surface area contributed by atoms with E-state index in [-0.39, 0.29) is 5.75 Å². The summed E-state index contributed by atoms with van der Waals surface area (Å²) >= 11 is 0. The second kappa shape index (κ2) is 7.02. The zero-order valence-electron chi connectivity index (χ0n) is 11.5. The van der Waals surface area contributed by atoms with Gasteiger partial charge in [-0.05, 0) is 43.5 Å². The SMILES string of the molecule is CCOc1cc(/C=N/N2CCCCCC2)ccc1O. The van der Waals surface area contributed by atoms with E-state index in [0.717, 1.165) is 18.7 Å². The first-order chi connectivity index (χ1) is 9.29. The van der Waals surface area contributed by atoms with Crippen molar-refractivity contribution in [2.45, 2.75) is 32.6 Å². The van der Waals surface area contributed by atoms with E-state index in [9.17, 15) is 5.11 Å². The molecule has 1 N–H and O–H groups in total. The summed E-state index contributed by atoms with van der Waals surface area (Å²) in [5.74, 6) is 0.691. The van der Waals surface area contributed by atoms with E-state index in [1.807, 2.05) is 25.3 Å². The Kier molecular flexibility index (Phi) is 5.07. The third kappa shape index (κ3) is 4.16. The van der Waals surface area contributed by atoms with Gasteiger partial charge in [0, 0.05) is 13.1 Å². The first-order valence-electron chi connectivity index (χ1n) is 7.04. The fraction of sp³-hybridized carbons (Fsp3) is 0.533. The fourth-order valence-electron chi connectivity index (χ4n) is 2.20. The Morgan fingerprint density at radius 2 is 2.00 bits per heavy atom. The van der Waals surface area contributed by atoms with Crippen LogP contribution in [0.25, 0.3) is 0 Å². The molecule has 0 bridgehead atoms. The Labute approximate surface area is 114 Å². The molecule has 2 rings (SSSR count). The zero-order chi connectivity index (χ0) is 13.5. The first-order valence-corrected chi connectivity index (χ1v) is 7.04. The monoisotopic (exact) mass is 262 g/mol. The number of rotatable bonds is 4. The molecular weight excluding hydrogens is 240 g/mol. The molecule has 0 aliphatic carbocycles. The van der Waals surface area contributed by atoms with Crippen molar-refractivity contribution in [2.75, 3.05) is 19.7 Å². The summed E-state index contributed by atoms with van der Waals surface area (Å²) in [5.41, 5.74) is 0.950. The van der Waals surface area contributed by atoms with Crippen molar-refractivity contribution in [1.82, 2.24) is 5.01 Å². The van der Waals surface area contributed by atoms with Crippen LogP contribution in [0.15, 0.2) is 23.3 Å². The number of phenolic OH excluding ortho intramolecular Hbond substituents is 1. The number of hydrazone groups is 1. The minimum Gasteiger partial charge on any atom is -0.504 e. The molecule has 1 aliphatic rings. The second-order valence-corrected chi connectivity index (χ2v) is 4.77. The summed E-state index contributed by atoms with van der Waals surface area (Å²) < 4.78 is 5.36. The number of hydrogen-bond donors (Lipinski definition) is 1. The van der Waals surface area contributed by atoms with E-state index in [2.05, 4.69) is 10.1 Å². The van der Waals surface area contributed by atoms with Gasteiger partial charge in [-0.25, -0.2) is 0 Å². The normalized spacial score (nSPS) is 16.6. The van der Waals surface area contributed by atoms with Crippen LogP contribution in [-0.2, 0) is 0 Å². The number of phenols is 1. The molecule has 1 aromatic rings. The Morgan fingerprint density at radius 3 is 2.68 bits per heavy atom. The molecule has 1 saturated heterocycles. The van der Waals surface area contributed by atoms with Crippen molar-refractivity contribution < 1.29 is 9.84 Å². The quantitative estimate of drug-likeness (QED) is 0.848. The van der Waals surface area contributed by atoms with Crippen LogP contribution < -0.4 is 4.74 Å². The summed E-state index contributed by atoms with van der Waals surface area (Å²) in [6.07, 6.45) is 6.89. The molecule has 19 heavy (non-hydrogen) atoms. The van der Waals surface area contributed by atoms with Gasteiger partial charge in [0.25, 0.3) is 0 Å². The van der Waals surface area contributed by atoms with Gasteiger partial charge in [-0.2, -0.15) is 5.10 Å². The lowest BCUT2D eigenvalue weighted by atomic mass is 10.2. The Balaban J connectivity index is 2.02.